The number of carbonyl (C=O) groups is 1. The van der Waals surface area contributed by atoms with Crippen LogP contribution in [0.2, 0.25) is 0 Å². The van der Waals surface area contributed by atoms with Crippen LogP contribution >= 0.6 is 0 Å². The Kier molecular flexibility index (Phi) is 5.08. The predicted molar refractivity (Wildman–Crippen MR) is 85.8 cm³/mol. The number of rotatable bonds is 4. The van der Waals surface area contributed by atoms with Gasteiger partial charge in [0.25, 0.3) is 0 Å². The Hall–Kier alpha value is -1.51. The Bertz CT molecular complexity index is 499. The average molecular weight is 292 g/mol. The number of hydrogen-bond acceptors (Lipinski definition) is 3. The highest BCUT2D eigenvalue weighted by molar-refractivity contribution is 5.79. The van der Waals surface area contributed by atoms with E-state index >= 15 is 0 Å². The van der Waals surface area contributed by atoms with Crippen LogP contribution in [0.3, 0.4) is 0 Å². The summed E-state index contributed by atoms with van der Waals surface area (Å²) in [6, 6.07) is 4.21. The van der Waals surface area contributed by atoms with Crippen LogP contribution in [0.4, 0.5) is 0 Å². The molecule has 0 unspecified atom stereocenters. The molecule has 0 fully saturated rings. The molecule has 0 aliphatic carbocycles. The third-order valence-electron chi connectivity index (χ3n) is 3.18. The van der Waals surface area contributed by atoms with Crippen LogP contribution in [0.15, 0.2) is 12.1 Å². The zero-order valence-corrected chi connectivity index (χ0v) is 14.6. The first-order valence-electron chi connectivity index (χ1n) is 7.49. The fourth-order valence-corrected chi connectivity index (χ4v) is 2.10. The molecule has 0 saturated heterocycles. The van der Waals surface area contributed by atoms with Crippen LogP contribution in [0, 0.1) is 13.8 Å². The first-order chi connectivity index (χ1) is 9.46. The Balaban J connectivity index is 3.01. The molecule has 3 nitrogen and oxygen atoms in total. The lowest BCUT2D eigenvalue weighted by atomic mass is 10.0. The van der Waals surface area contributed by atoms with Crippen molar-refractivity contribution in [3.8, 4) is 5.75 Å². The normalized spacial score (nSPS) is 12.2. The number of aryl methyl sites for hydroxylation is 3. The summed E-state index contributed by atoms with van der Waals surface area (Å²) < 4.78 is 11.4. The van der Waals surface area contributed by atoms with E-state index in [1.54, 1.807) is 13.8 Å². The van der Waals surface area contributed by atoms with Crippen molar-refractivity contribution < 1.29 is 14.3 Å². The second-order valence-electron chi connectivity index (χ2n) is 7.03. The monoisotopic (exact) mass is 292 g/mol. The van der Waals surface area contributed by atoms with Gasteiger partial charge >= 0.3 is 5.97 Å². The zero-order valence-electron chi connectivity index (χ0n) is 14.6. The lowest BCUT2D eigenvalue weighted by Gasteiger charge is -2.30. The van der Waals surface area contributed by atoms with E-state index in [0.29, 0.717) is 0 Å². The highest BCUT2D eigenvalue weighted by Gasteiger charge is 2.35. The van der Waals surface area contributed by atoms with Gasteiger partial charge in [-0.25, -0.2) is 4.79 Å². The lowest BCUT2D eigenvalue weighted by molar-refractivity contribution is -0.171. The first-order valence-corrected chi connectivity index (χ1v) is 7.49. The molecule has 0 aromatic heterocycles. The highest BCUT2D eigenvalue weighted by Crippen LogP contribution is 2.29. The minimum absolute atomic E-state index is 0.353. The largest absolute Gasteiger partial charge is 0.476 e. The van der Waals surface area contributed by atoms with E-state index in [1.165, 1.54) is 5.56 Å². The fourth-order valence-electron chi connectivity index (χ4n) is 2.10. The summed E-state index contributed by atoms with van der Waals surface area (Å²) >= 11 is 0. The molecule has 0 radical (unpaired) electrons. The second kappa shape index (κ2) is 6.08. The molecule has 1 rings (SSSR count). The maximum atomic E-state index is 12.3. The van der Waals surface area contributed by atoms with Gasteiger partial charge < -0.3 is 9.47 Å². The predicted octanol–water partition coefficient (Wildman–Crippen LogP) is 4.36. The van der Waals surface area contributed by atoms with Gasteiger partial charge in [0.05, 0.1) is 0 Å². The van der Waals surface area contributed by atoms with Crippen molar-refractivity contribution in [2.45, 2.75) is 73.0 Å². The van der Waals surface area contributed by atoms with Gasteiger partial charge in [0, 0.05) is 0 Å². The molecule has 0 bridgehead atoms. The maximum Gasteiger partial charge on any atom is 0.350 e. The van der Waals surface area contributed by atoms with E-state index in [9.17, 15) is 4.79 Å². The summed E-state index contributed by atoms with van der Waals surface area (Å²) in [5.74, 6) is 0.413. The minimum Gasteiger partial charge on any atom is -0.476 e. The second-order valence-corrected chi connectivity index (χ2v) is 7.03. The molecule has 0 N–H and O–H groups in total. The molecule has 1 aromatic rings. The van der Waals surface area contributed by atoms with E-state index in [1.807, 2.05) is 34.6 Å². The van der Waals surface area contributed by atoms with Crippen LogP contribution in [-0.4, -0.2) is 17.2 Å². The third-order valence-corrected chi connectivity index (χ3v) is 3.18. The Labute approximate surface area is 128 Å². The molecular weight excluding hydrogens is 264 g/mol. The molecule has 3 heteroatoms. The van der Waals surface area contributed by atoms with Crippen molar-refractivity contribution in [1.82, 2.24) is 0 Å². The Morgan fingerprint density at radius 1 is 1.05 bits per heavy atom. The molecule has 0 atom stereocenters. The van der Waals surface area contributed by atoms with Gasteiger partial charge in [0.1, 0.15) is 11.4 Å². The smallest absolute Gasteiger partial charge is 0.350 e. The van der Waals surface area contributed by atoms with E-state index in [4.69, 9.17) is 9.47 Å². The van der Waals surface area contributed by atoms with Gasteiger partial charge in [0.15, 0.2) is 5.60 Å². The summed E-state index contributed by atoms with van der Waals surface area (Å²) in [5, 5.41) is 0. The van der Waals surface area contributed by atoms with Gasteiger partial charge in [-0.05, 0) is 71.6 Å². The highest BCUT2D eigenvalue weighted by atomic mass is 16.6. The average Bonchev–Trinajstić information content (AvgIpc) is 2.31. The molecule has 118 valence electrons. The van der Waals surface area contributed by atoms with Gasteiger partial charge in [-0.3, -0.25) is 0 Å². The van der Waals surface area contributed by atoms with Crippen molar-refractivity contribution in [3.63, 3.8) is 0 Å². The number of hydrogen-bond donors (Lipinski definition) is 0. The molecule has 0 amide bonds. The van der Waals surface area contributed by atoms with Crippen LogP contribution in [-0.2, 0) is 16.0 Å². The zero-order chi connectivity index (χ0) is 16.4. The van der Waals surface area contributed by atoms with E-state index in [0.717, 1.165) is 23.3 Å². The molecular formula is C18H28O3. The van der Waals surface area contributed by atoms with E-state index in [-0.39, 0.29) is 5.97 Å². The van der Waals surface area contributed by atoms with Crippen molar-refractivity contribution in [2.24, 2.45) is 0 Å². The summed E-state index contributed by atoms with van der Waals surface area (Å²) in [4.78, 5) is 12.3. The summed E-state index contributed by atoms with van der Waals surface area (Å²) in [6.07, 6.45) is 0.984. The summed E-state index contributed by atoms with van der Waals surface area (Å²) in [7, 11) is 0. The van der Waals surface area contributed by atoms with Crippen LogP contribution in [0.25, 0.3) is 0 Å². The SMILES string of the molecule is CCc1cc(C)c(OC(C)(C)C(=O)OC(C)(C)C)c(C)c1. The lowest BCUT2D eigenvalue weighted by Crippen LogP contribution is -2.43. The topological polar surface area (TPSA) is 35.5 Å². The Morgan fingerprint density at radius 3 is 1.90 bits per heavy atom. The first kappa shape index (κ1) is 17.5. The maximum absolute atomic E-state index is 12.3. The van der Waals surface area contributed by atoms with Crippen LogP contribution in [0.1, 0.15) is 58.2 Å². The number of esters is 1. The quantitative estimate of drug-likeness (QED) is 0.773. The van der Waals surface area contributed by atoms with Crippen molar-refractivity contribution in [1.29, 1.82) is 0 Å². The molecule has 0 spiro atoms. The number of ether oxygens (including phenoxy) is 2. The van der Waals surface area contributed by atoms with Gasteiger partial charge in [0.2, 0.25) is 0 Å². The van der Waals surface area contributed by atoms with Crippen molar-refractivity contribution in [3.05, 3.63) is 28.8 Å². The van der Waals surface area contributed by atoms with E-state index in [2.05, 4.69) is 19.1 Å². The molecule has 0 aliphatic heterocycles. The van der Waals surface area contributed by atoms with Gasteiger partial charge in [-0.1, -0.05) is 19.1 Å². The van der Waals surface area contributed by atoms with E-state index < -0.39 is 11.2 Å². The standard InChI is InChI=1S/C18H28O3/c1-9-14-10-12(2)15(13(3)11-14)20-18(7,8)16(19)21-17(4,5)6/h10-11H,9H2,1-8H3. The summed E-state index contributed by atoms with van der Waals surface area (Å²) in [6.45, 7) is 15.2. The molecule has 21 heavy (non-hydrogen) atoms. The number of carbonyl (C=O) groups excluding carboxylic acids is 1. The summed E-state index contributed by atoms with van der Waals surface area (Å²) in [5.41, 5.74) is 1.82. The van der Waals surface area contributed by atoms with Gasteiger partial charge in [-0.2, -0.15) is 0 Å². The fraction of sp³-hybridized carbons (Fsp3) is 0.611. The number of benzene rings is 1. The van der Waals surface area contributed by atoms with Crippen molar-refractivity contribution >= 4 is 5.97 Å². The molecule has 1 aromatic carbocycles. The molecule has 0 saturated carbocycles. The molecule has 0 heterocycles. The van der Waals surface area contributed by atoms with Gasteiger partial charge in [-0.15, -0.1) is 0 Å². The molecule has 0 aliphatic rings. The van der Waals surface area contributed by atoms with Crippen LogP contribution < -0.4 is 4.74 Å². The van der Waals surface area contributed by atoms with Crippen molar-refractivity contribution in [2.75, 3.05) is 0 Å². The third kappa shape index (κ3) is 4.76. The van der Waals surface area contributed by atoms with Crippen LogP contribution in [0.5, 0.6) is 5.75 Å². The Morgan fingerprint density at radius 2 is 1.52 bits per heavy atom. The minimum atomic E-state index is -1.02.